The fraction of sp³-hybridized carbons (Fsp3) is 0.286. The maximum Gasteiger partial charge on any atom is 0.388 e. The molecule has 0 aromatic rings. The second-order valence-corrected chi connectivity index (χ2v) is 2.12. The minimum atomic E-state index is -2.83. The maximum atomic E-state index is 11.7. The number of rotatable bonds is 2. The molecule has 0 atom stereocenters. The van der Waals surface area contributed by atoms with Gasteiger partial charge in [-0.3, -0.25) is 4.99 Å². The quantitative estimate of drug-likeness (QED) is 0.689. The first kappa shape index (κ1) is 8.70. The average Bonchev–Trinajstić information content (AvgIpc) is 2.15. The highest BCUT2D eigenvalue weighted by Gasteiger charge is 2.06. The second kappa shape index (κ2) is 3.85. The minimum Gasteiger partial charge on any atom is -0.417 e. The van der Waals surface area contributed by atoms with E-state index in [1.165, 1.54) is 12.4 Å². The first-order valence-electron chi connectivity index (χ1n) is 3.31. The standard InChI is InChI=1S/C7H8F2N2O/c1-5-2-3-10-6(4-11-5)12-7(8)9/h2-4,7,10H,1H3. The lowest BCUT2D eigenvalue weighted by Crippen LogP contribution is -2.11. The van der Waals surface area contributed by atoms with E-state index in [1.807, 2.05) is 0 Å². The van der Waals surface area contributed by atoms with Crippen molar-refractivity contribution >= 4 is 5.71 Å². The van der Waals surface area contributed by atoms with Crippen molar-refractivity contribution in [3.63, 3.8) is 0 Å². The molecular formula is C7H8F2N2O. The molecule has 0 aliphatic carbocycles. The van der Waals surface area contributed by atoms with Crippen molar-refractivity contribution in [2.45, 2.75) is 13.5 Å². The van der Waals surface area contributed by atoms with E-state index in [4.69, 9.17) is 0 Å². The van der Waals surface area contributed by atoms with Crippen LogP contribution in [0.4, 0.5) is 8.78 Å². The summed E-state index contributed by atoms with van der Waals surface area (Å²) in [6, 6.07) is 0. The van der Waals surface area contributed by atoms with E-state index in [9.17, 15) is 8.78 Å². The summed E-state index contributed by atoms with van der Waals surface area (Å²) in [5.41, 5.74) is 0.718. The Kier molecular flexibility index (Phi) is 2.79. The summed E-state index contributed by atoms with van der Waals surface area (Å²) in [4.78, 5) is 3.81. The number of allylic oxidation sites excluding steroid dienone is 1. The zero-order valence-corrected chi connectivity index (χ0v) is 6.42. The predicted molar refractivity (Wildman–Crippen MR) is 40.6 cm³/mol. The number of halogens is 2. The summed E-state index contributed by atoms with van der Waals surface area (Å²) >= 11 is 0. The molecule has 1 rings (SSSR count). The molecule has 66 valence electrons. The Labute approximate surface area is 68.4 Å². The molecule has 0 saturated heterocycles. The third-order valence-electron chi connectivity index (χ3n) is 1.15. The first-order valence-corrected chi connectivity index (χ1v) is 3.31. The lowest BCUT2D eigenvalue weighted by molar-refractivity contribution is -0.100. The van der Waals surface area contributed by atoms with Crippen LogP contribution in [0.15, 0.2) is 29.4 Å². The van der Waals surface area contributed by atoms with E-state index in [0.717, 1.165) is 5.71 Å². The van der Waals surface area contributed by atoms with Crippen LogP contribution in [0, 0.1) is 0 Å². The number of aliphatic imine (C=N–C) groups is 1. The van der Waals surface area contributed by atoms with Gasteiger partial charge in [0, 0.05) is 11.9 Å². The van der Waals surface area contributed by atoms with Crippen molar-refractivity contribution < 1.29 is 13.5 Å². The molecule has 5 heteroatoms. The molecule has 1 N–H and O–H groups in total. The summed E-state index contributed by atoms with van der Waals surface area (Å²) in [5.74, 6) is -0.0573. The number of hydrogen-bond donors (Lipinski definition) is 1. The molecule has 0 fully saturated rings. The van der Waals surface area contributed by atoms with Crippen molar-refractivity contribution in [2.24, 2.45) is 4.99 Å². The van der Waals surface area contributed by atoms with Gasteiger partial charge in [-0.25, -0.2) is 0 Å². The monoisotopic (exact) mass is 174 g/mol. The van der Waals surface area contributed by atoms with Gasteiger partial charge in [-0.15, -0.1) is 0 Å². The predicted octanol–water partition coefficient (Wildman–Crippen LogP) is 1.60. The smallest absolute Gasteiger partial charge is 0.388 e. The van der Waals surface area contributed by atoms with Crippen LogP contribution in [-0.4, -0.2) is 12.3 Å². The van der Waals surface area contributed by atoms with Crippen molar-refractivity contribution in [3.8, 4) is 0 Å². The molecule has 0 aromatic heterocycles. The van der Waals surface area contributed by atoms with E-state index in [0.29, 0.717) is 0 Å². The largest absolute Gasteiger partial charge is 0.417 e. The molecule has 0 spiro atoms. The van der Waals surface area contributed by atoms with Gasteiger partial charge in [-0.05, 0) is 13.0 Å². The third-order valence-corrected chi connectivity index (χ3v) is 1.15. The molecule has 0 unspecified atom stereocenters. The van der Waals surface area contributed by atoms with Gasteiger partial charge in [-0.1, -0.05) is 0 Å². The number of ether oxygens (including phenoxy) is 1. The van der Waals surface area contributed by atoms with Crippen LogP contribution < -0.4 is 5.32 Å². The highest BCUT2D eigenvalue weighted by molar-refractivity contribution is 5.93. The van der Waals surface area contributed by atoms with Gasteiger partial charge in [0.1, 0.15) is 0 Å². The highest BCUT2D eigenvalue weighted by atomic mass is 19.3. The zero-order valence-electron chi connectivity index (χ0n) is 6.42. The lowest BCUT2D eigenvalue weighted by Gasteiger charge is -2.05. The third kappa shape index (κ3) is 2.69. The zero-order chi connectivity index (χ0) is 8.97. The Bertz CT molecular complexity index is 246. The summed E-state index contributed by atoms with van der Waals surface area (Å²) in [6.07, 6.45) is 4.35. The molecule has 0 aromatic carbocycles. The SMILES string of the molecule is CC1=NC=C(OC(F)F)NC=C1. The number of nitrogens with one attached hydrogen (secondary N) is 1. The van der Waals surface area contributed by atoms with Gasteiger partial charge in [0.15, 0.2) is 0 Å². The van der Waals surface area contributed by atoms with Crippen LogP contribution in [0.5, 0.6) is 0 Å². The van der Waals surface area contributed by atoms with Crippen LogP contribution in [0.2, 0.25) is 0 Å². The van der Waals surface area contributed by atoms with Crippen LogP contribution in [0.3, 0.4) is 0 Å². The highest BCUT2D eigenvalue weighted by Crippen LogP contribution is 2.04. The van der Waals surface area contributed by atoms with E-state index in [-0.39, 0.29) is 5.88 Å². The van der Waals surface area contributed by atoms with Crippen LogP contribution in [-0.2, 0) is 4.74 Å². The fourth-order valence-corrected chi connectivity index (χ4v) is 0.646. The van der Waals surface area contributed by atoms with Gasteiger partial charge in [-0.2, -0.15) is 8.78 Å². The molecule has 0 radical (unpaired) electrons. The van der Waals surface area contributed by atoms with Gasteiger partial charge in [0.25, 0.3) is 0 Å². The molecule has 3 nitrogen and oxygen atoms in total. The van der Waals surface area contributed by atoms with Gasteiger partial charge in [0.2, 0.25) is 5.88 Å². The van der Waals surface area contributed by atoms with Gasteiger partial charge >= 0.3 is 6.61 Å². The van der Waals surface area contributed by atoms with E-state index in [1.54, 1.807) is 13.0 Å². The molecule has 12 heavy (non-hydrogen) atoms. The van der Waals surface area contributed by atoms with E-state index < -0.39 is 6.61 Å². The topological polar surface area (TPSA) is 33.6 Å². The lowest BCUT2D eigenvalue weighted by atomic mass is 10.4. The van der Waals surface area contributed by atoms with Crippen molar-refractivity contribution in [3.05, 3.63) is 24.4 Å². The molecule has 0 amide bonds. The Morgan fingerprint density at radius 1 is 1.58 bits per heavy atom. The molecule has 1 aliphatic heterocycles. The van der Waals surface area contributed by atoms with Crippen LogP contribution in [0.25, 0.3) is 0 Å². The maximum absolute atomic E-state index is 11.7. The summed E-state index contributed by atoms with van der Waals surface area (Å²) in [5, 5.41) is 2.51. The Morgan fingerprint density at radius 2 is 2.33 bits per heavy atom. The Balaban J connectivity index is 2.61. The number of nitrogens with zero attached hydrogens (tertiary/aromatic N) is 1. The van der Waals surface area contributed by atoms with Crippen molar-refractivity contribution in [1.29, 1.82) is 0 Å². The summed E-state index contributed by atoms with van der Waals surface area (Å²) < 4.78 is 27.4. The van der Waals surface area contributed by atoms with Crippen LogP contribution in [0.1, 0.15) is 6.92 Å². The second-order valence-electron chi connectivity index (χ2n) is 2.12. The van der Waals surface area contributed by atoms with Crippen molar-refractivity contribution in [1.82, 2.24) is 5.32 Å². The Hall–Kier alpha value is -1.39. The molecule has 0 bridgehead atoms. The van der Waals surface area contributed by atoms with Crippen LogP contribution >= 0.6 is 0 Å². The minimum absolute atomic E-state index is 0.0573. The van der Waals surface area contributed by atoms with Gasteiger partial charge in [0.05, 0.1) is 6.20 Å². The number of alkyl halides is 2. The molecule has 1 aliphatic rings. The van der Waals surface area contributed by atoms with Crippen molar-refractivity contribution in [2.75, 3.05) is 0 Å². The Morgan fingerprint density at radius 3 is 3.00 bits per heavy atom. The van der Waals surface area contributed by atoms with E-state index in [2.05, 4.69) is 15.0 Å². The normalized spacial score (nSPS) is 16.3. The summed E-state index contributed by atoms with van der Waals surface area (Å²) in [7, 11) is 0. The first-order chi connectivity index (χ1) is 5.68. The molecule has 0 saturated carbocycles. The number of hydrogen-bond acceptors (Lipinski definition) is 3. The molecular weight excluding hydrogens is 166 g/mol. The fourth-order valence-electron chi connectivity index (χ4n) is 0.646. The van der Waals surface area contributed by atoms with E-state index >= 15 is 0 Å². The average molecular weight is 174 g/mol. The van der Waals surface area contributed by atoms with Gasteiger partial charge < -0.3 is 10.1 Å². The molecule has 1 heterocycles. The summed E-state index contributed by atoms with van der Waals surface area (Å²) in [6.45, 7) is -1.08.